The van der Waals surface area contributed by atoms with E-state index in [4.69, 9.17) is 10.5 Å². The summed E-state index contributed by atoms with van der Waals surface area (Å²) in [6.07, 6.45) is -0.348. The molecule has 0 unspecified atom stereocenters. The molecule has 92 valence electrons. The van der Waals surface area contributed by atoms with Crippen molar-refractivity contribution in [2.75, 3.05) is 0 Å². The standard InChI is InChI=1S/C12H23NO2Si/c1-5-16(6-2,7-3)10-8-9-11(4)15-12(13)14/h11H,5-7,9H2,1-4H3,(H2,13,14)/t11-/m1/s1. The fourth-order valence-electron chi connectivity index (χ4n) is 1.64. The summed E-state index contributed by atoms with van der Waals surface area (Å²) in [7, 11) is -1.36. The highest BCUT2D eigenvalue weighted by Gasteiger charge is 2.24. The third kappa shape index (κ3) is 5.22. The summed E-state index contributed by atoms with van der Waals surface area (Å²) in [5, 5.41) is 0. The van der Waals surface area contributed by atoms with Gasteiger partial charge in [-0.2, -0.15) is 0 Å². The molecule has 0 spiro atoms. The number of hydrogen-bond donors (Lipinski definition) is 1. The topological polar surface area (TPSA) is 52.3 Å². The molecule has 0 aromatic rings. The van der Waals surface area contributed by atoms with Gasteiger partial charge in [0.15, 0.2) is 0 Å². The average Bonchev–Trinajstić information content (AvgIpc) is 2.24. The van der Waals surface area contributed by atoms with Gasteiger partial charge in [0.25, 0.3) is 0 Å². The molecule has 0 rings (SSSR count). The second-order valence-electron chi connectivity index (χ2n) is 4.09. The molecule has 0 saturated carbocycles. The maximum atomic E-state index is 10.5. The van der Waals surface area contributed by atoms with E-state index in [2.05, 4.69) is 32.2 Å². The van der Waals surface area contributed by atoms with Crippen LogP contribution < -0.4 is 5.73 Å². The second-order valence-corrected chi connectivity index (χ2v) is 9.03. The van der Waals surface area contributed by atoms with Crippen LogP contribution in [0.3, 0.4) is 0 Å². The van der Waals surface area contributed by atoms with E-state index < -0.39 is 14.2 Å². The van der Waals surface area contributed by atoms with E-state index in [1.807, 2.05) is 6.92 Å². The Hall–Kier alpha value is -0.953. The van der Waals surface area contributed by atoms with Crippen molar-refractivity contribution >= 4 is 14.2 Å². The zero-order valence-electron chi connectivity index (χ0n) is 10.8. The summed E-state index contributed by atoms with van der Waals surface area (Å²) in [5.41, 5.74) is 8.37. The molecule has 0 aromatic heterocycles. The van der Waals surface area contributed by atoms with Gasteiger partial charge in [0.1, 0.15) is 14.2 Å². The zero-order chi connectivity index (χ0) is 12.6. The summed E-state index contributed by atoms with van der Waals surface area (Å²) >= 11 is 0. The van der Waals surface area contributed by atoms with Gasteiger partial charge in [-0.15, -0.1) is 11.5 Å². The van der Waals surface area contributed by atoms with Crippen molar-refractivity contribution in [2.45, 2.75) is 58.4 Å². The Kier molecular flexibility index (Phi) is 6.90. The third-order valence-corrected chi connectivity index (χ3v) is 7.86. The monoisotopic (exact) mass is 241 g/mol. The molecule has 0 aliphatic heterocycles. The summed E-state index contributed by atoms with van der Waals surface area (Å²) < 4.78 is 4.82. The van der Waals surface area contributed by atoms with E-state index in [1.54, 1.807) is 0 Å². The second kappa shape index (κ2) is 7.34. The van der Waals surface area contributed by atoms with Crippen molar-refractivity contribution in [2.24, 2.45) is 5.73 Å². The number of rotatable bonds is 5. The van der Waals surface area contributed by atoms with Gasteiger partial charge in [-0.1, -0.05) is 20.8 Å². The number of carbonyl (C=O) groups is 1. The van der Waals surface area contributed by atoms with Gasteiger partial charge in [0, 0.05) is 6.42 Å². The lowest BCUT2D eigenvalue weighted by atomic mass is 10.3. The lowest BCUT2D eigenvalue weighted by Gasteiger charge is -2.20. The Bertz CT molecular complexity index is 268. The minimum Gasteiger partial charge on any atom is -0.446 e. The smallest absolute Gasteiger partial charge is 0.404 e. The predicted molar refractivity (Wildman–Crippen MR) is 69.7 cm³/mol. The molecular weight excluding hydrogens is 218 g/mol. The van der Waals surface area contributed by atoms with Gasteiger partial charge < -0.3 is 10.5 Å². The molecule has 1 atom stereocenters. The van der Waals surface area contributed by atoms with Crippen molar-refractivity contribution in [1.82, 2.24) is 0 Å². The van der Waals surface area contributed by atoms with Crippen LogP contribution in [0.4, 0.5) is 4.79 Å². The normalized spacial score (nSPS) is 12.5. The molecule has 2 N–H and O–H groups in total. The van der Waals surface area contributed by atoms with Crippen LogP contribution >= 0.6 is 0 Å². The number of amides is 1. The van der Waals surface area contributed by atoms with Gasteiger partial charge in [-0.05, 0) is 25.1 Å². The molecule has 16 heavy (non-hydrogen) atoms. The Labute approximate surface area is 99.7 Å². The van der Waals surface area contributed by atoms with E-state index in [1.165, 1.54) is 18.1 Å². The highest BCUT2D eigenvalue weighted by atomic mass is 28.3. The fraction of sp³-hybridized carbons (Fsp3) is 0.750. The Morgan fingerprint density at radius 2 is 1.81 bits per heavy atom. The van der Waals surface area contributed by atoms with E-state index in [0.29, 0.717) is 6.42 Å². The van der Waals surface area contributed by atoms with Crippen molar-refractivity contribution in [1.29, 1.82) is 0 Å². The first kappa shape index (κ1) is 15.0. The number of ether oxygens (including phenoxy) is 1. The molecule has 0 aliphatic rings. The molecule has 0 aliphatic carbocycles. The van der Waals surface area contributed by atoms with Crippen LogP contribution in [0.5, 0.6) is 0 Å². The minimum atomic E-state index is -1.36. The van der Waals surface area contributed by atoms with Gasteiger partial charge in [-0.25, -0.2) is 4.79 Å². The molecule has 0 fully saturated rings. The number of primary amides is 1. The SMILES string of the molecule is CC[Si](C#CC[C@@H](C)OC(N)=O)(CC)CC. The molecule has 0 aromatic carbocycles. The van der Waals surface area contributed by atoms with Gasteiger partial charge >= 0.3 is 6.09 Å². The molecule has 1 amide bonds. The van der Waals surface area contributed by atoms with Crippen LogP contribution in [-0.2, 0) is 4.74 Å². The third-order valence-electron chi connectivity index (χ3n) is 3.09. The van der Waals surface area contributed by atoms with Crippen LogP contribution in [0.2, 0.25) is 18.1 Å². The first-order chi connectivity index (χ1) is 7.49. The predicted octanol–water partition coefficient (Wildman–Crippen LogP) is 2.91. The van der Waals surface area contributed by atoms with Crippen LogP contribution in [-0.4, -0.2) is 20.3 Å². The van der Waals surface area contributed by atoms with E-state index in [9.17, 15) is 4.79 Å². The van der Waals surface area contributed by atoms with E-state index in [-0.39, 0.29) is 6.10 Å². The maximum Gasteiger partial charge on any atom is 0.404 e. The van der Waals surface area contributed by atoms with Crippen LogP contribution in [0.1, 0.15) is 34.1 Å². The lowest BCUT2D eigenvalue weighted by molar-refractivity contribution is 0.119. The van der Waals surface area contributed by atoms with E-state index >= 15 is 0 Å². The minimum absolute atomic E-state index is 0.206. The number of hydrogen-bond acceptors (Lipinski definition) is 2. The zero-order valence-corrected chi connectivity index (χ0v) is 11.8. The van der Waals surface area contributed by atoms with Crippen LogP contribution in [0.25, 0.3) is 0 Å². The highest BCUT2D eigenvalue weighted by Crippen LogP contribution is 2.18. The molecule has 0 saturated heterocycles. The number of carbonyl (C=O) groups excluding carboxylic acids is 1. The van der Waals surface area contributed by atoms with Crippen molar-refractivity contribution in [3.8, 4) is 11.5 Å². The molecule has 0 bridgehead atoms. The maximum absolute atomic E-state index is 10.5. The highest BCUT2D eigenvalue weighted by molar-refractivity contribution is 6.87. The summed E-state index contributed by atoms with van der Waals surface area (Å²) in [6, 6.07) is 3.58. The molecule has 0 heterocycles. The van der Waals surface area contributed by atoms with Crippen molar-refractivity contribution < 1.29 is 9.53 Å². The van der Waals surface area contributed by atoms with Crippen LogP contribution in [0, 0.1) is 11.5 Å². The van der Waals surface area contributed by atoms with Gasteiger partial charge in [-0.3, -0.25) is 0 Å². The first-order valence-electron chi connectivity index (χ1n) is 5.95. The Morgan fingerprint density at radius 1 is 1.31 bits per heavy atom. The van der Waals surface area contributed by atoms with E-state index in [0.717, 1.165) is 0 Å². The first-order valence-corrected chi connectivity index (χ1v) is 8.58. The van der Waals surface area contributed by atoms with Gasteiger partial charge in [0.05, 0.1) is 0 Å². The summed E-state index contributed by atoms with van der Waals surface area (Å²) in [5.74, 6) is 3.16. The van der Waals surface area contributed by atoms with Crippen molar-refractivity contribution in [3.63, 3.8) is 0 Å². The fourth-order valence-corrected chi connectivity index (χ4v) is 4.14. The Morgan fingerprint density at radius 3 is 2.19 bits per heavy atom. The average molecular weight is 241 g/mol. The Balaban J connectivity index is 4.31. The molecule has 4 heteroatoms. The van der Waals surface area contributed by atoms with Gasteiger partial charge in [0.2, 0.25) is 0 Å². The number of nitrogens with two attached hydrogens (primary N) is 1. The summed E-state index contributed by atoms with van der Waals surface area (Å²) in [4.78, 5) is 10.5. The molecule has 3 nitrogen and oxygen atoms in total. The van der Waals surface area contributed by atoms with Crippen molar-refractivity contribution in [3.05, 3.63) is 0 Å². The molecule has 0 radical (unpaired) electrons. The largest absolute Gasteiger partial charge is 0.446 e. The summed E-state index contributed by atoms with van der Waals surface area (Å²) in [6.45, 7) is 8.47. The molecular formula is C12H23NO2Si. The van der Waals surface area contributed by atoms with Crippen LogP contribution in [0.15, 0.2) is 0 Å². The lowest BCUT2D eigenvalue weighted by Crippen LogP contribution is -2.29. The quantitative estimate of drug-likeness (QED) is 0.594.